The number of nitrogens with zero attached hydrogens (tertiary/aromatic N) is 2. The van der Waals surface area contributed by atoms with Crippen molar-refractivity contribution in [3.63, 3.8) is 0 Å². The van der Waals surface area contributed by atoms with Gasteiger partial charge in [-0.25, -0.2) is 18.0 Å². The minimum atomic E-state index is -2.91. The molecule has 0 bridgehead atoms. The number of aromatic nitrogens is 1. The zero-order valence-corrected chi connectivity index (χ0v) is 22.3. The number of carbonyl (C=O) groups excluding carboxylic acids is 1. The second kappa shape index (κ2) is 10.3. The number of anilines is 1. The summed E-state index contributed by atoms with van der Waals surface area (Å²) < 4.78 is 58.3. The van der Waals surface area contributed by atoms with Crippen LogP contribution in [0.25, 0.3) is 10.9 Å². The summed E-state index contributed by atoms with van der Waals surface area (Å²) >= 11 is 0. The number of likely N-dealkylation sites (tertiary alicyclic amines) is 1. The highest BCUT2D eigenvalue weighted by atomic mass is 19.3. The van der Waals surface area contributed by atoms with Gasteiger partial charge in [-0.3, -0.25) is 4.98 Å². The van der Waals surface area contributed by atoms with Crippen molar-refractivity contribution in [1.29, 1.82) is 0 Å². The molecule has 3 aromatic rings. The molecule has 2 heterocycles. The van der Waals surface area contributed by atoms with Crippen molar-refractivity contribution in [3.05, 3.63) is 65.1 Å². The number of nitrogens with one attached hydrogen (secondary N) is 1. The van der Waals surface area contributed by atoms with Crippen molar-refractivity contribution < 1.29 is 32.2 Å². The Morgan fingerprint density at radius 1 is 1.13 bits per heavy atom. The molecule has 1 saturated heterocycles. The predicted octanol–water partition coefficient (Wildman–Crippen LogP) is 6.59. The second-order valence-corrected chi connectivity index (χ2v) is 10.4. The fraction of sp³-hybridized carbons (Fsp3) is 0.429. The summed E-state index contributed by atoms with van der Waals surface area (Å²) in [7, 11) is 3.11. The van der Waals surface area contributed by atoms with Crippen LogP contribution < -0.4 is 10.1 Å². The lowest BCUT2D eigenvalue weighted by molar-refractivity contribution is -0.127. The molecular formula is C28H32F3N3O4. The monoisotopic (exact) mass is 531 g/mol. The molecule has 0 saturated carbocycles. The Morgan fingerprint density at radius 3 is 2.42 bits per heavy atom. The van der Waals surface area contributed by atoms with Crippen molar-refractivity contribution in [2.75, 3.05) is 32.6 Å². The molecule has 1 aliphatic rings. The standard InChI is InChI=1S/C28H32F3N3O4/c1-16(17-8-7-9-18(24(17)29)25(30)31)33-21-10-11-32-22-13-23(36-5)20(12-19(21)22)28(37-6)14-34(15-28)26(35)38-27(2,3)4/h7-13,16,25H,14-15H2,1-6H3,(H,32,33)/t16-/m1/s1. The van der Waals surface area contributed by atoms with Gasteiger partial charge in [0.1, 0.15) is 22.8 Å². The Balaban J connectivity index is 1.69. The first kappa shape index (κ1) is 27.5. The van der Waals surface area contributed by atoms with Crippen LogP contribution in [-0.2, 0) is 15.1 Å². The topological polar surface area (TPSA) is 72.9 Å². The molecular weight excluding hydrogens is 499 g/mol. The maximum absolute atomic E-state index is 14.8. The van der Waals surface area contributed by atoms with Gasteiger partial charge in [0.15, 0.2) is 0 Å². The zero-order chi connectivity index (χ0) is 27.8. The van der Waals surface area contributed by atoms with E-state index >= 15 is 0 Å². The summed E-state index contributed by atoms with van der Waals surface area (Å²) in [6.07, 6.45) is -1.75. The number of alkyl halides is 2. The average molecular weight is 532 g/mol. The number of pyridine rings is 1. The van der Waals surface area contributed by atoms with Gasteiger partial charge in [0.2, 0.25) is 0 Å². The molecule has 204 valence electrons. The Hall–Kier alpha value is -3.53. The van der Waals surface area contributed by atoms with Crippen LogP contribution in [-0.4, -0.2) is 48.9 Å². The Labute approximate surface area is 219 Å². The van der Waals surface area contributed by atoms with E-state index in [0.717, 1.165) is 6.07 Å². The highest BCUT2D eigenvalue weighted by Gasteiger charge is 2.50. The van der Waals surface area contributed by atoms with Crippen LogP contribution in [0.5, 0.6) is 5.75 Å². The summed E-state index contributed by atoms with van der Waals surface area (Å²) in [6, 6.07) is 8.75. The third-order valence-corrected chi connectivity index (χ3v) is 6.62. The fourth-order valence-electron chi connectivity index (χ4n) is 4.64. The molecule has 1 aliphatic heterocycles. The van der Waals surface area contributed by atoms with Gasteiger partial charge >= 0.3 is 6.09 Å². The van der Waals surface area contributed by atoms with Gasteiger partial charge in [0, 0.05) is 41.6 Å². The number of rotatable bonds is 7. The first-order valence-corrected chi connectivity index (χ1v) is 12.2. The van der Waals surface area contributed by atoms with Crippen LogP contribution in [0.1, 0.15) is 56.9 Å². The van der Waals surface area contributed by atoms with Crippen molar-refractivity contribution in [3.8, 4) is 5.75 Å². The van der Waals surface area contributed by atoms with Crippen LogP contribution in [0.2, 0.25) is 0 Å². The summed E-state index contributed by atoms with van der Waals surface area (Å²) in [4.78, 5) is 18.6. The number of methoxy groups -OCH3 is 2. The van der Waals surface area contributed by atoms with Crippen molar-refractivity contribution in [2.45, 2.75) is 51.4 Å². The van der Waals surface area contributed by atoms with Gasteiger partial charge < -0.3 is 24.4 Å². The molecule has 7 nitrogen and oxygen atoms in total. The molecule has 2 aromatic carbocycles. The molecule has 1 N–H and O–H groups in total. The lowest BCUT2D eigenvalue weighted by atomic mass is 9.84. The molecule has 10 heteroatoms. The fourth-order valence-corrected chi connectivity index (χ4v) is 4.64. The van der Waals surface area contributed by atoms with E-state index in [9.17, 15) is 18.0 Å². The van der Waals surface area contributed by atoms with Crippen molar-refractivity contribution in [2.24, 2.45) is 0 Å². The van der Waals surface area contributed by atoms with E-state index < -0.39 is 41.1 Å². The third kappa shape index (κ3) is 5.22. The number of ether oxygens (including phenoxy) is 3. The van der Waals surface area contributed by atoms with E-state index in [4.69, 9.17) is 14.2 Å². The van der Waals surface area contributed by atoms with E-state index in [1.165, 1.54) is 12.1 Å². The Kier molecular flexibility index (Phi) is 7.47. The SMILES string of the molecule is COc1cc2nccc(N[C@H](C)c3cccc(C(F)F)c3F)c2cc1C1(OC)CN(C(=O)OC(C)(C)C)C1. The van der Waals surface area contributed by atoms with E-state index in [0.29, 0.717) is 27.9 Å². The zero-order valence-electron chi connectivity index (χ0n) is 22.3. The van der Waals surface area contributed by atoms with Gasteiger partial charge in [-0.05, 0) is 39.8 Å². The first-order chi connectivity index (χ1) is 17.9. The number of benzene rings is 2. The van der Waals surface area contributed by atoms with Crippen LogP contribution in [0.4, 0.5) is 23.7 Å². The third-order valence-electron chi connectivity index (χ3n) is 6.62. The average Bonchev–Trinajstić information content (AvgIpc) is 2.82. The maximum atomic E-state index is 14.8. The van der Waals surface area contributed by atoms with Crippen molar-refractivity contribution >= 4 is 22.7 Å². The molecule has 1 atom stereocenters. The molecule has 1 fully saturated rings. The van der Waals surface area contributed by atoms with E-state index in [-0.39, 0.29) is 18.7 Å². The number of hydrogen-bond donors (Lipinski definition) is 1. The molecule has 4 rings (SSSR count). The smallest absolute Gasteiger partial charge is 0.410 e. The highest BCUT2D eigenvalue weighted by molar-refractivity contribution is 5.93. The van der Waals surface area contributed by atoms with Crippen molar-refractivity contribution in [1.82, 2.24) is 9.88 Å². The maximum Gasteiger partial charge on any atom is 0.410 e. The summed E-state index contributed by atoms with van der Waals surface area (Å²) in [6.45, 7) is 7.62. The highest BCUT2D eigenvalue weighted by Crippen LogP contribution is 2.43. The largest absolute Gasteiger partial charge is 0.496 e. The van der Waals surface area contributed by atoms with Crippen LogP contribution in [0, 0.1) is 5.82 Å². The number of amides is 1. The number of carbonyl (C=O) groups is 1. The lowest BCUT2D eigenvalue weighted by Gasteiger charge is -2.49. The van der Waals surface area contributed by atoms with E-state index in [1.54, 1.807) is 65.1 Å². The van der Waals surface area contributed by atoms with Gasteiger partial charge in [-0.15, -0.1) is 0 Å². The van der Waals surface area contributed by atoms with Gasteiger partial charge in [0.25, 0.3) is 6.43 Å². The van der Waals surface area contributed by atoms with Crippen LogP contribution >= 0.6 is 0 Å². The van der Waals surface area contributed by atoms with Gasteiger partial charge in [-0.1, -0.05) is 18.2 Å². The second-order valence-electron chi connectivity index (χ2n) is 10.4. The summed E-state index contributed by atoms with van der Waals surface area (Å²) in [5.41, 5.74) is -0.0229. The number of halogens is 3. The first-order valence-electron chi connectivity index (χ1n) is 12.2. The molecule has 38 heavy (non-hydrogen) atoms. The molecule has 1 amide bonds. The van der Waals surface area contributed by atoms with Gasteiger partial charge in [0.05, 0.1) is 37.3 Å². The van der Waals surface area contributed by atoms with E-state index in [2.05, 4.69) is 10.3 Å². The lowest BCUT2D eigenvalue weighted by Crippen LogP contribution is -2.62. The number of fused-ring (bicyclic) bond motifs is 1. The molecule has 0 unspecified atom stereocenters. The Bertz CT molecular complexity index is 1340. The quantitative estimate of drug-likeness (QED) is 0.371. The normalized spacial score (nSPS) is 15.8. The minimum Gasteiger partial charge on any atom is -0.496 e. The van der Waals surface area contributed by atoms with Crippen LogP contribution in [0.3, 0.4) is 0 Å². The number of hydrogen-bond acceptors (Lipinski definition) is 6. The molecule has 0 spiro atoms. The molecule has 1 aromatic heterocycles. The Morgan fingerprint density at radius 2 is 1.82 bits per heavy atom. The van der Waals surface area contributed by atoms with Crippen LogP contribution in [0.15, 0.2) is 42.6 Å². The summed E-state index contributed by atoms with van der Waals surface area (Å²) in [5.74, 6) is -0.394. The van der Waals surface area contributed by atoms with Gasteiger partial charge in [-0.2, -0.15) is 0 Å². The molecule has 0 aliphatic carbocycles. The predicted molar refractivity (Wildman–Crippen MR) is 138 cm³/mol. The minimum absolute atomic E-state index is 0.127. The summed E-state index contributed by atoms with van der Waals surface area (Å²) in [5, 5.41) is 3.94. The molecule has 0 radical (unpaired) electrons. The van der Waals surface area contributed by atoms with E-state index in [1.807, 2.05) is 6.07 Å².